The highest BCUT2D eigenvalue weighted by Gasteiger charge is 2.13. The van der Waals surface area contributed by atoms with Gasteiger partial charge in [-0.15, -0.1) is 0 Å². The number of carbonyl (C=O) groups excluding carboxylic acids is 1. The van der Waals surface area contributed by atoms with Crippen LogP contribution in [0.3, 0.4) is 0 Å². The molecule has 1 aromatic heterocycles. The third-order valence-corrected chi connectivity index (χ3v) is 3.19. The Morgan fingerprint density at radius 1 is 1.45 bits per heavy atom. The van der Waals surface area contributed by atoms with E-state index in [1.165, 1.54) is 18.3 Å². The van der Waals surface area contributed by atoms with Crippen molar-refractivity contribution >= 4 is 27.6 Å². The predicted molar refractivity (Wildman–Crippen MR) is 76.6 cm³/mol. The van der Waals surface area contributed by atoms with Gasteiger partial charge in [0.25, 0.3) is 0 Å². The minimum Gasteiger partial charge on any atom is -0.457 e. The number of esters is 1. The van der Waals surface area contributed by atoms with Gasteiger partial charge < -0.3 is 10.5 Å². The summed E-state index contributed by atoms with van der Waals surface area (Å²) >= 11 is 3.24. The zero-order valence-corrected chi connectivity index (χ0v) is 12.3. The number of hydrogen-bond acceptors (Lipinski definition) is 4. The number of benzene rings is 1. The first-order valence-electron chi connectivity index (χ1n) is 5.80. The summed E-state index contributed by atoms with van der Waals surface area (Å²) in [5, 5.41) is 0. The molecule has 0 unspecified atom stereocenters. The van der Waals surface area contributed by atoms with Gasteiger partial charge in [-0.1, -0.05) is 15.9 Å². The van der Waals surface area contributed by atoms with Crippen molar-refractivity contribution in [2.75, 3.05) is 5.73 Å². The molecule has 1 aromatic carbocycles. The third kappa shape index (κ3) is 3.33. The fourth-order valence-corrected chi connectivity index (χ4v) is 2.04. The van der Waals surface area contributed by atoms with Crippen LogP contribution in [-0.2, 0) is 11.3 Å². The van der Waals surface area contributed by atoms with E-state index >= 15 is 0 Å². The zero-order valence-electron chi connectivity index (χ0n) is 10.7. The second kappa shape index (κ2) is 6.00. The molecule has 0 spiro atoms. The number of hydrogen-bond donors (Lipinski definition) is 1. The highest BCUT2D eigenvalue weighted by molar-refractivity contribution is 9.10. The molecular weight excluding hydrogens is 327 g/mol. The van der Waals surface area contributed by atoms with Gasteiger partial charge in [0.05, 0.1) is 23.1 Å². The van der Waals surface area contributed by atoms with Gasteiger partial charge in [0.1, 0.15) is 12.4 Å². The first kappa shape index (κ1) is 14.5. The van der Waals surface area contributed by atoms with E-state index in [1.807, 2.05) is 0 Å². The molecule has 0 saturated carbocycles. The van der Waals surface area contributed by atoms with E-state index in [-0.39, 0.29) is 12.2 Å². The minimum absolute atomic E-state index is 0.154. The van der Waals surface area contributed by atoms with Crippen LogP contribution in [0.15, 0.2) is 34.9 Å². The molecule has 104 valence electrons. The number of carbonyl (C=O) groups is 1. The quantitative estimate of drug-likeness (QED) is 0.872. The zero-order chi connectivity index (χ0) is 14.7. The number of aryl methyl sites for hydroxylation is 1. The van der Waals surface area contributed by atoms with E-state index in [9.17, 15) is 9.18 Å². The molecule has 0 atom stereocenters. The van der Waals surface area contributed by atoms with Crippen LogP contribution in [0.4, 0.5) is 10.1 Å². The van der Waals surface area contributed by atoms with Crippen LogP contribution >= 0.6 is 15.9 Å². The van der Waals surface area contributed by atoms with E-state index in [1.54, 1.807) is 19.1 Å². The Labute approximate surface area is 123 Å². The normalized spacial score (nSPS) is 10.3. The van der Waals surface area contributed by atoms with Crippen molar-refractivity contribution in [3.05, 3.63) is 57.6 Å². The molecule has 0 radical (unpaired) electrons. The summed E-state index contributed by atoms with van der Waals surface area (Å²) in [7, 11) is 0. The van der Waals surface area contributed by atoms with E-state index in [4.69, 9.17) is 10.5 Å². The number of anilines is 1. The molecule has 0 fully saturated rings. The standard InChI is InChI=1S/C14H12BrFN2O2/c1-8-12(5-11(17)6-18-8)14(19)20-7-9-4-10(15)2-3-13(9)16/h2-6H,7,17H2,1H3. The summed E-state index contributed by atoms with van der Waals surface area (Å²) in [4.78, 5) is 15.9. The average Bonchev–Trinajstić information content (AvgIpc) is 2.42. The Morgan fingerprint density at radius 2 is 2.20 bits per heavy atom. The number of nitrogens with two attached hydrogens (primary N) is 1. The highest BCUT2D eigenvalue weighted by atomic mass is 79.9. The van der Waals surface area contributed by atoms with E-state index in [0.717, 1.165) is 0 Å². The second-order valence-electron chi connectivity index (χ2n) is 4.21. The Hall–Kier alpha value is -1.95. The topological polar surface area (TPSA) is 65.2 Å². The Morgan fingerprint density at radius 3 is 2.95 bits per heavy atom. The van der Waals surface area contributed by atoms with Crippen LogP contribution in [0.2, 0.25) is 0 Å². The number of nitrogen functional groups attached to an aromatic ring is 1. The lowest BCUT2D eigenvalue weighted by Crippen LogP contribution is -2.09. The number of rotatable bonds is 3. The van der Waals surface area contributed by atoms with Crippen LogP contribution in [0.5, 0.6) is 0 Å². The van der Waals surface area contributed by atoms with Crippen molar-refractivity contribution in [2.24, 2.45) is 0 Å². The van der Waals surface area contributed by atoms with Gasteiger partial charge in [0, 0.05) is 10.0 Å². The second-order valence-corrected chi connectivity index (χ2v) is 5.13. The number of nitrogens with zero attached hydrogens (tertiary/aromatic N) is 1. The van der Waals surface area contributed by atoms with E-state index in [0.29, 0.717) is 21.4 Å². The summed E-state index contributed by atoms with van der Waals surface area (Å²) in [6.07, 6.45) is 1.46. The van der Waals surface area contributed by atoms with Crippen molar-refractivity contribution in [3.63, 3.8) is 0 Å². The molecule has 0 bridgehead atoms. The summed E-state index contributed by atoms with van der Waals surface area (Å²) in [6.45, 7) is 1.52. The van der Waals surface area contributed by atoms with Gasteiger partial charge in [-0.2, -0.15) is 0 Å². The maximum Gasteiger partial charge on any atom is 0.340 e. The lowest BCUT2D eigenvalue weighted by atomic mass is 10.2. The number of halogens is 2. The number of ether oxygens (including phenoxy) is 1. The fraction of sp³-hybridized carbons (Fsp3) is 0.143. The van der Waals surface area contributed by atoms with Gasteiger partial charge in [-0.3, -0.25) is 4.98 Å². The molecule has 0 amide bonds. The molecule has 2 rings (SSSR count). The molecule has 6 heteroatoms. The summed E-state index contributed by atoms with van der Waals surface area (Å²) < 4.78 is 19.3. The van der Waals surface area contributed by atoms with Gasteiger partial charge >= 0.3 is 5.97 Å². The maximum atomic E-state index is 13.5. The molecule has 2 aromatic rings. The minimum atomic E-state index is -0.582. The predicted octanol–water partition coefficient (Wildman–Crippen LogP) is 3.23. The van der Waals surface area contributed by atoms with Gasteiger partial charge in [0.2, 0.25) is 0 Å². The van der Waals surface area contributed by atoms with Crippen LogP contribution in [0.1, 0.15) is 21.6 Å². The summed E-state index contributed by atoms with van der Waals surface area (Å²) in [5.41, 5.74) is 7.04. The summed E-state index contributed by atoms with van der Waals surface area (Å²) in [6, 6.07) is 5.93. The number of aromatic nitrogens is 1. The lowest BCUT2D eigenvalue weighted by molar-refractivity contribution is 0.0467. The lowest BCUT2D eigenvalue weighted by Gasteiger charge is -2.08. The molecule has 0 saturated heterocycles. The highest BCUT2D eigenvalue weighted by Crippen LogP contribution is 2.17. The molecule has 1 heterocycles. The van der Waals surface area contributed by atoms with Gasteiger partial charge in [-0.25, -0.2) is 9.18 Å². The van der Waals surface area contributed by atoms with Crippen molar-refractivity contribution in [1.82, 2.24) is 4.98 Å². The van der Waals surface area contributed by atoms with Crippen molar-refractivity contribution in [1.29, 1.82) is 0 Å². The van der Waals surface area contributed by atoms with Crippen LogP contribution in [0, 0.1) is 12.7 Å². The monoisotopic (exact) mass is 338 g/mol. The smallest absolute Gasteiger partial charge is 0.340 e. The Kier molecular flexibility index (Phi) is 4.34. The van der Waals surface area contributed by atoms with Crippen molar-refractivity contribution in [2.45, 2.75) is 13.5 Å². The fourth-order valence-electron chi connectivity index (χ4n) is 1.63. The average molecular weight is 339 g/mol. The molecule has 2 N–H and O–H groups in total. The Bertz CT molecular complexity index is 662. The Balaban J connectivity index is 2.12. The van der Waals surface area contributed by atoms with Crippen LogP contribution < -0.4 is 5.73 Å². The van der Waals surface area contributed by atoms with Gasteiger partial charge in [0.15, 0.2) is 0 Å². The third-order valence-electron chi connectivity index (χ3n) is 2.69. The molecule has 0 aliphatic carbocycles. The largest absolute Gasteiger partial charge is 0.457 e. The van der Waals surface area contributed by atoms with Crippen molar-refractivity contribution < 1.29 is 13.9 Å². The van der Waals surface area contributed by atoms with Crippen molar-refractivity contribution in [3.8, 4) is 0 Å². The molecule has 4 nitrogen and oxygen atoms in total. The SMILES string of the molecule is Cc1ncc(N)cc1C(=O)OCc1cc(Br)ccc1F. The van der Waals surface area contributed by atoms with Crippen LogP contribution in [0.25, 0.3) is 0 Å². The maximum absolute atomic E-state index is 13.5. The molecule has 20 heavy (non-hydrogen) atoms. The first-order chi connectivity index (χ1) is 9.47. The van der Waals surface area contributed by atoms with E-state index in [2.05, 4.69) is 20.9 Å². The van der Waals surface area contributed by atoms with Gasteiger partial charge in [-0.05, 0) is 31.2 Å². The number of pyridine rings is 1. The first-order valence-corrected chi connectivity index (χ1v) is 6.60. The van der Waals surface area contributed by atoms with Crippen LogP contribution in [-0.4, -0.2) is 11.0 Å². The van der Waals surface area contributed by atoms with E-state index < -0.39 is 11.8 Å². The molecular formula is C14H12BrFN2O2. The molecule has 0 aliphatic heterocycles. The molecule has 0 aliphatic rings. The summed E-state index contributed by atoms with van der Waals surface area (Å²) in [5.74, 6) is -1.01.